The molecule has 2 aliphatic rings. The number of carbonyl (C=O) groups is 4. The summed E-state index contributed by atoms with van der Waals surface area (Å²) < 4.78 is 22.1. The van der Waals surface area contributed by atoms with Crippen LogP contribution in [0, 0.1) is 5.92 Å². The summed E-state index contributed by atoms with van der Waals surface area (Å²) in [5.41, 5.74) is 0.509. The van der Waals surface area contributed by atoms with Gasteiger partial charge in [-0.15, -0.1) is 0 Å². The van der Waals surface area contributed by atoms with Gasteiger partial charge in [0.1, 0.15) is 0 Å². The second-order valence-electron chi connectivity index (χ2n) is 13.1. The number of rotatable bonds is 26. The van der Waals surface area contributed by atoms with Crippen LogP contribution in [0.15, 0.2) is 45.3 Å². The van der Waals surface area contributed by atoms with Gasteiger partial charge in [-0.3, -0.25) is 19.2 Å². The summed E-state index contributed by atoms with van der Waals surface area (Å²) in [7, 11) is 5.42. The zero-order chi connectivity index (χ0) is 35.5. The largest absolute Gasteiger partial charge is 0.492 e. The van der Waals surface area contributed by atoms with Crippen LogP contribution >= 0.6 is 0 Å². The van der Waals surface area contributed by atoms with E-state index in [1.807, 2.05) is 0 Å². The molecular weight excluding hydrogens is 608 g/mol. The van der Waals surface area contributed by atoms with Crippen LogP contribution < -0.4 is 0 Å². The Bertz CT molecular complexity index is 1140. The molecule has 2 rings (SSSR count). The van der Waals surface area contributed by atoms with Crippen molar-refractivity contribution in [2.24, 2.45) is 5.92 Å². The molecule has 0 heterocycles. The molecule has 270 valence electrons. The zero-order valence-corrected chi connectivity index (χ0v) is 31.0. The Morgan fingerprint density at radius 1 is 0.396 bits per heavy atom. The summed E-state index contributed by atoms with van der Waals surface area (Å²) in [5, 5.41) is 0. The first kappa shape index (κ1) is 41.0. The van der Waals surface area contributed by atoms with Crippen molar-refractivity contribution in [3.05, 3.63) is 45.3 Å². The number of hydrogen-bond acceptors (Lipinski definition) is 8. The monoisotopic (exact) mass is 670 g/mol. The number of ether oxygens (including phenoxy) is 4. The topological polar surface area (TPSA) is 105 Å². The first-order valence-electron chi connectivity index (χ1n) is 18.5. The smallest absolute Gasteiger partial charge is 0.228 e. The van der Waals surface area contributed by atoms with Gasteiger partial charge in [-0.05, 0) is 25.7 Å². The molecule has 0 bridgehead atoms. The summed E-state index contributed by atoms with van der Waals surface area (Å²) in [5.74, 6) is -3.26. The summed E-state index contributed by atoms with van der Waals surface area (Å²) in [6, 6.07) is 0. The van der Waals surface area contributed by atoms with Crippen molar-refractivity contribution in [2.45, 2.75) is 149 Å². The maximum absolute atomic E-state index is 14.0. The SMILES string of the molecule is CCCCCCCCCCCC1=C(OC)C(=O)C(C(C)C2=C(OC)C(=O)C(CCCCCCCCCCC)=C(OC)C2=O)=C(OC)C1=O. The first-order valence-corrected chi connectivity index (χ1v) is 18.5. The van der Waals surface area contributed by atoms with Gasteiger partial charge < -0.3 is 18.9 Å². The van der Waals surface area contributed by atoms with Crippen molar-refractivity contribution in [3.63, 3.8) is 0 Å². The van der Waals surface area contributed by atoms with Gasteiger partial charge in [-0.1, -0.05) is 124 Å². The summed E-state index contributed by atoms with van der Waals surface area (Å²) in [4.78, 5) is 55.4. The van der Waals surface area contributed by atoms with E-state index in [1.54, 1.807) is 6.92 Å². The van der Waals surface area contributed by atoms with E-state index in [4.69, 9.17) is 18.9 Å². The minimum atomic E-state index is -0.999. The summed E-state index contributed by atoms with van der Waals surface area (Å²) in [6.45, 7) is 6.03. The van der Waals surface area contributed by atoms with Crippen molar-refractivity contribution < 1.29 is 38.1 Å². The number of unbranched alkanes of at least 4 members (excludes halogenated alkanes) is 16. The lowest BCUT2D eigenvalue weighted by Crippen LogP contribution is -2.34. The first-order chi connectivity index (χ1) is 23.2. The Morgan fingerprint density at radius 3 is 0.938 bits per heavy atom. The molecule has 0 aromatic heterocycles. The molecule has 0 N–H and O–H groups in total. The Labute approximate surface area is 289 Å². The van der Waals surface area contributed by atoms with Crippen LogP contribution in [0.3, 0.4) is 0 Å². The fraction of sp³-hybridized carbons (Fsp3) is 0.700. The highest BCUT2D eigenvalue weighted by molar-refractivity contribution is 6.27. The Balaban J connectivity index is 2.20. The summed E-state index contributed by atoms with van der Waals surface area (Å²) in [6.07, 6.45) is 21.1. The Kier molecular flexibility index (Phi) is 19.2. The third kappa shape index (κ3) is 10.9. The van der Waals surface area contributed by atoms with E-state index in [-0.39, 0.29) is 45.3 Å². The third-order valence-corrected chi connectivity index (χ3v) is 9.64. The van der Waals surface area contributed by atoms with Gasteiger partial charge in [0, 0.05) is 17.1 Å². The van der Waals surface area contributed by atoms with E-state index in [0.29, 0.717) is 12.8 Å². The van der Waals surface area contributed by atoms with Crippen molar-refractivity contribution in [3.8, 4) is 0 Å². The second-order valence-corrected chi connectivity index (χ2v) is 13.1. The standard InChI is InChI=1S/C40H62O8/c1-8-10-12-14-16-18-20-22-24-26-29-33(41)39(47-6)31(35(43)37(29)45-4)28(3)32-36(44)38(46-5)30(34(42)40(32)48-7)27-25-23-21-19-17-15-13-11-9-2/h28H,8-27H2,1-7H3. The normalized spacial score (nSPS) is 15.8. The fourth-order valence-corrected chi connectivity index (χ4v) is 6.90. The highest BCUT2D eigenvalue weighted by Gasteiger charge is 2.45. The molecule has 0 aromatic carbocycles. The minimum absolute atomic E-state index is 0.0290. The molecule has 0 spiro atoms. The number of ketones is 4. The molecule has 0 amide bonds. The van der Waals surface area contributed by atoms with Gasteiger partial charge in [-0.2, -0.15) is 0 Å². The highest BCUT2D eigenvalue weighted by atomic mass is 16.5. The highest BCUT2D eigenvalue weighted by Crippen LogP contribution is 2.40. The van der Waals surface area contributed by atoms with Gasteiger partial charge in [0.25, 0.3) is 0 Å². The Morgan fingerprint density at radius 2 is 0.667 bits per heavy atom. The van der Waals surface area contributed by atoms with E-state index < -0.39 is 29.1 Å². The molecule has 8 nitrogen and oxygen atoms in total. The molecule has 0 saturated carbocycles. The number of methoxy groups -OCH3 is 4. The lowest BCUT2D eigenvalue weighted by molar-refractivity contribution is -0.122. The Hall–Kier alpha value is -3.16. The van der Waals surface area contributed by atoms with Gasteiger partial charge in [0.15, 0.2) is 23.0 Å². The van der Waals surface area contributed by atoms with Gasteiger partial charge in [-0.25, -0.2) is 0 Å². The lowest BCUT2D eigenvalue weighted by atomic mass is 9.77. The van der Waals surface area contributed by atoms with E-state index >= 15 is 0 Å². The molecule has 0 saturated heterocycles. The molecule has 2 aliphatic carbocycles. The number of hydrogen-bond donors (Lipinski definition) is 0. The minimum Gasteiger partial charge on any atom is -0.492 e. The molecular formula is C40H62O8. The molecule has 0 aliphatic heterocycles. The maximum Gasteiger partial charge on any atom is 0.228 e. The van der Waals surface area contributed by atoms with Crippen LogP contribution in [0.25, 0.3) is 0 Å². The number of Topliss-reactive ketones (excluding diaryl/α,β-unsaturated/α-hetero) is 4. The van der Waals surface area contributed by atoms with E-state index in [0.717, 1.165) is 51.4 Å². The van der Waals surface area contributed by atoms with Crippen molar-refractivity contribution in [1.82, 2.24) is 0 Å². The van der Waals surface area contributed by atoms with Crippen LogP contribution in [0.4, 0.5) is 0 Å². The fourth-order valence-electron chi connectivity index (χ4n) is 6.90. The maximum atomic E-state index is 14.0. The molecule has 8 heteroatoms. The van der Waals surface area contributed by atoms with Crippen molar-refractivity contribution in [1.29, 1.82) is 0 Å². The van der Waals surface area contributed by atoms with Crippen molar-refractivity contribution in [2.75, 3.05) is 28.4 Å². The summed E-state index contributed by atoms with van der Waals surface area (Å²) >= 11 is 0. The van der Waals surface area contributed by atoms with Gasteiger partial charge in [0.2, 0.25) is 23.1 Å². The second kappa shape index (κ2) is 22.5. The average Bonchev–Trinajstić information content (AvgIpc) is 3.08. The molecule has 0 unspecified atom stereocenters. The van der Waals surface area contributed by atoms with E-state index in [2.05, 4.69) is 13.8 Å². The molecule has 0 radical (unpaired) electrons. The zero-order valence-electron chi connectivity index (χ0n) is 31.0. The molecule has 0 fully saturated rings. The van der Waals surface area contributed by atoms with Gasteiger partial charge >= 0.3 is 0 Å². The van der Waals surface area contributed by atoms with E-state index in [1.165, 1.54) is 92.6 Å². The molecule has 48 heavy (non-hydrogen) atoms. The third-order valence-electron chi connectivity index (χ3n) is 9.64. The van der Waals surface area contributed by atoms with Crippen molar-refractivity contribution >= 4 is 23.1 Å². The number of carbonyl (C=O) groups excluding carboxylic acids is 4. The molecule has 0 atom stereocenters. The predicted octanol–water partition coefficient (Wildman–Crippen LogP) is 9.37. The van der Waals surface area contributed by atoms with Gasteiger partial charge in [0.05, 0.1) is 39.6 Å². The van der Waals surface area contributed by atoms with Crippen LogP contribution in [0.5, 0.6) is 0 Å². The lowest BCUT2D eigenvalue weighted by Gasteiger charge is -2.29. The quantitative estimate of drug-likeness (QED) is 0.0662. The van der Waals surface area contributed by atoms with Crippen LogP contribution in [0.2, 0.25) is 0 Å². The average molecular weight is 671 g/mol. The molecule has 0 aromatic rings. The predicted molar refractivity (Wildman–Crippen MR) is 189 cm³/mol. The van der Waals surface area contributed by atoms with Crippen LogP contribution in [-0.2, 0) is 38.1 Å². The number of allylic oxidation sites excluding steroid dienone is 4. The van der Waals surface area contributed by atoms with E-state index in [9.17, 15) is 19.2 Å². The van der Waals surface area contributed by atoms with Crippen LogP contribution in [0.1, 0.15) is 149 Å². The van der Waals surface area contributed by atoms with Crippen LogP contribution in [-0.4, -0.2) is 51.6 Å².